The third-order valence-electron chi connectivity index (χ3n) is 2.50. The van der Waals surface area contributed by atoms with Crippen molar-refractivity contribution >= 4 is 33.4 Å². The molecule has 0 aliphatic rings. The number of alkyl halides is 1. The smallest absolute Gasteiger partial charge is 0.221 e. The molecule has 0 radical (unpaired) electrons. The van der Waals surface area contributed by atoms with Crippen LogP contribution in [0.1, 0.15) is 19.8 Å². The van der Waals surface area contributed by atoms with E-state index < -0.39 is 0 Å². The Bertz CT molecular complexity index is 564. The quantitative estimate of drug-likeness (QED) is 0.574. The zero-order valence-corrected chi connectivity index (χ0v) is 14.0. The number of rotatable bonds is 7. The summed E-state index contributed by atoms with van der Waals surface area (Å²) in [7, 11) is 0. The highest BCUT2D eigenvalue weighted by atomic mass is 79.9. The molecule has 0 aliphatic heterocycles. The zero-order chi connectivity index (χ0) is 16.2. The molecular formula is C16H19BrN2O3. The van der Waals surface area contributed by atoms with Crippen molar-refractivity contribution in [3.63, 3.8) is 0 Å². The third-order valence-corrected chi connectivity index (χ3v) is 3.06. The Balaban J connectivity index is 2.28. The summed E-state index contributed by atoms with van der Waals surface area (Å²) in [4.78, 5) is 22.3. The molecule has 6 heteroatoms. The molecule has 22 heavy (non-hydrogen) atoms. The van der Waals surface area contributed by atoms with Crippen molar-refractivity contribution in [3.8, 4) is 17.6 Å². The number of nitrogens with one attached hydrogen (secondary N) is 2. The average Bonchev–Trinajstić information content (AvgIpc) is 2.48. The zero-order valence-electron chi connectivity index (χ0n) is 12.4. The third kappa shape index (κ3) is 8.32. The minimum Gasteiger partial charge on any atom is -0.481 e. The number of hydrogen-bond donors (Lipinski definition) is 2. The van der Waals surface area contributed by atoms with Gasteiger partial charge in [0, 0.05) is 30.4 Å². The van der Waals surface area contributed by atoms with E-state index in [4.69, 9.17) is 4.74 Å². The number of halogens is 1. The van der Waals surface area contributed by atoms with Gasteiger partial charge in [-0.15, -0.1) is 0 Å². The van der Waals surface area contributed by atoms with Gasteiger partial charge in [-0.1, -0.05) is 33.8 Å². The summed E-state index contributed by atoms with van der Waals surface area (Å²) in [5, 5.41) is 6.21. The Morgan fingerprint density at radius 2 is 2.14 bits per heavy atom. The topological polar surface area (TPSA) is 67.4 Å². The van der Waals surface area contributed by atoms with Crippen LogP contribution in [0, 0.1) is 11.8 Å². The van der Waals surface area contributed by atoms with Gasteiger partial charge in [-0.2, -0.15) is 0 Å². The SMILES string of the molecule is CC(=O)Nc1cccc(OCC#CCNC(=O)CCCBr)c1. The maximum atomic E-state index is 11.3. The van der Waals surface area contributed by atoms with E-state index in [0.717, 1.165) is 11.8 Å². The number of ether oxygens (including phenoxy) is 1. The Labute approximate surface area is 138 Å². The van der Waals surface area contributed by atoms with Crippen molar-refractivity contribution < 1.29 is 14.3 Å². The van der Waals surface area contributed by atoms with Gasteiger partial charge in [-0.05, 0) is 18.6 Å². The minimum atomic E-state index is -0.132. The first-order valence-electron chi connectivity index (χ1n) is 6.90. The summed E-state index contributed by atoms with van der Waals surface area (Å²) in [6.45, 7) is 1.99. The molecule has 0 atom stereocenters. The van der Waals surface area contributed by atoms with Crippen molar-refractivity contribution in [1.82, 2.24) is 5.32 Å². The highest BCUT2D eigenvalue weighted by Gasteiger charge is 1.98. The number of anilines is 1. The first kappa shape index (κ1) is 18.1. The largest absolute Gasteiger partial charge is 0.481 e. The van der Waals surface area contributed by atoms with Gasteiger partial charge in [0.1, 0.15) is 12.4 Å². The Hall–Kier alpha value is -2.00. The highest BCUT2D eigenvalue weighted by Crippen LogP contribution is 2.16. The summed E-state index contributed by atoms with van der Waals surface area (Å²) >= 11 is 3.27. The van der Waals surface area contributed by atoms with Gasteiger partial charge in [0.2, 0.25) is 11.8 Å². The standard InChI is InChI=1S/C16H19BrN2O3/c1-13(20)19-14-6-4-7-15(12-14)22-11-3-2-10-18-16(21)8-5-9-17/h4,6-7,12H,5,8-11H2,1H3,(H,18,21)(H,19,20). The predicted octanol–water partition coefficient (Wildman–Crippen LogP) is 2.32. The van der Waals surface area contributed by atoms with Gasteiger partial charge in [0.15, 0.2) is 0 Å². The molecule has 0 aromatic heterocycles. The van der Waals surface area contributed by atoms with Crippen LogP contribution >= 0.6 is 15.9 Å². The normalized spacial score (nSPS) is 9.36. The molecule has 0 aliphatic carbocycles. The van der Waals surface area contributed by atoms with Crippen LogP contribution in [0.2, 0.25) is 0 Å². The maximum absolute atomic E-state index is 11.3. The number of carbonyl (C=O) groups excluding carboxylic acids is 2. The lowest BCUT2D eigenvalue weighted by Crippen LogP contribution is -2.23. The lowest BCUT2D eigenvalue weighted by atomic mass is 10.3. The fraction of sp³-hybridized carbons (Fsp3) is 0.375. The van der Waals surface area contributed by atoms with Crippen molar-refractivity contribution in [2.24, 2.45) is 0 Å². The first-order valence-corrected chi connectivity index (χ1v) is 8.03. The van der Waals surface area contributed by atoms with E-state index in [1.807, 2.05) is 0 Å². The van der Waals surface area contributed by atoms with Crippen LogP contribution in [0.4, 0.5) is 5.69 Å². The molecule has 0 fully saturated rings. The van der Waals surface area contributed by atoms with Gasteiger partial charge in [-0.25, -0.2) is 0 Å². The molecule has 0 saturated carbocycles. The Morgan fingerprint density at radius 3 is 2.86 bits per heavy atom. The van der Waals surface area contributed by atoms with Gasteiger partial charge < -0.3 is 15.4 Å². The summed E-state index contributed by atoms with van der Waals surface area (Å²) < 4.78 is 5.46. The molecule has 1 rings (SSSR count). The number of benzene rings is 1. The average molecular weight is 367 g/mol. The molecular weight excluding hydrogens is 348 g/mol. The molecule has 0 heterocycles. The van der Waals surface area contributed by atoms with Gasteiger partial charge in [0.05, 0.1) is 6.54 Å². The van der Waals surface area contributed by atoms with Gasteiger partial charge in [0.25, 0.3) is 0 Å². The fourth-order valence-corrected chi connectivity index (χ4v) is 1.84. The number of hydrogen-bond acceptors (Lipinski definition) is 3. The lowest BCUT2D eigenvalue weighted by molar-refractivity contribution is -0.120. The molecule has 5 nitrogen and oxygen atoms in total. The Kier molecular flexibility index (Phi) is 8.77. The van der Waals surface area contributed by atoms with Crippen LogP contribution in [0.3, 0.4) is 0 Å². The predicted molar refractivity (Wildman–Crippen MR) is 90.1 cm³/mol. The van der Waals surface area contributed by atoms with Crippen molar-refractivity contribution in [3.05, 3.63) is 24.3 Å². The molecule has 1 aromatic rings. The van der Waals surface area contributed by atoms with Crippen LogP contribution in [-0.2, 0) is 9.59 Å². The van der Waals surface area contributed by atoms with Crippen molar-refractivity contribution in [2.45, 2.75) is 19.8 Å². The molecule has 2 N–H and O–H groups in total. The van der Waals surface area contributed by atoms with E-state index in [-0.39, 0.29) is 18.4 Å². The number of carbonyl (C=O) groups is 2. The van der Waals surface area contributed by atoms with Gasteiger partial charge in [-0.3, -0.25) is 9.59 Å². The van der Waals surface area contributed by atoms with Crippen LogP contribution in [0.25, 0.3) is 0 Å². The first-order chi connectivity index (χ1) is 10.6. The summed E-state index contributed by atoms with van der Waals surface area (Å²) in [5.74, 6) is 6.14. The van der Waals surface area contributed by atoms with E-state index >= 15 is 0 Å². The minimum absolute atomic E-state index is 0.00215. The summed E-state index contributed by atoms with van der Waals surface area (Å²) in [6, 6.07) is 7.08. The van der Waals surface area contributed by atoms with E-state index in [1.165, 1.54) is 6.92 Å². The molecule has 1 aromatic carbocycles. The molecule has 0 spiro atoms. The van der Waals surface area contributed by atoms with E-state index in [0.29, 0.717) is 24.4 Å². The summed E-state index contributed by atoms with van der Waals surface area (Å²) in [6.07, 6.45) is 1.31. The van der Waals surface area contributed by atoms with Crippen molar-refractivity contribution in [1.29, 1.82) is 0 Å². The van der Waals surface area contributed by atoms with Crippen LogP contribution in [0.5, 0.6) is 5.75 Å². The van der Waals surface area contributed by atoms with E-state index in [2.05, 4.69) is 38.4 Å². The Morgan fingerprint density at radius 1 is 1.32 bits per heavy atom. The number of amides is 2. The molecule has 0 bridgehead atoms. The second-order valence-corrected chi connectivity index (χ2v) is 5.21. The van der Waals surface area contributed by atoms with E-state index in [9.17, 15) is 9.59 Å². The highest BCUT2D eigenvalue weighted by molar-refractivity contribution is 9.09. The molecule has 0 unspecified atom stereocenters. The maximum Gasteiger partial charge on any atom is 0.221 e. The lowest BCUT2D eigenvalue weighted by Gasteiger charge is -2.05. The second kappa shape index (κ2) is 10.7. The molecule has 118 valence electrons. The van der Waals surface area contributed by atoms with Crippen LogP contribution in [0.15, 0.2) is 24.3 Å². The molecule has 2 amide bonds. The molecule has 0 saturated heterocycles. The van der Waals surface area contributed by atoms with Crippen LogP contribution < -0.4 is 15.4 Å². The fourth-order valence-electron chi connectivity index (χ4n) is 1.56. The van der Waals surface area contributed by atoms with Crippen LogP contribution in [-0.4, -0.2) is 30.3 Å². The summed E-state index contributed by atoms with van der Waals surface area (Å²) in [5.41, 5.74) is 0.678. The van der Waals surface area contributed by atoms with E-state index in [1.54, 1.807) is 24.3 Å². The monoisotopic (exact) mass is 366 g/mol. The van der Waals surface area contributed by atoms with Crippen molar-refractivity contribution in [2.75, 3.05) is 23.8 Å². The van der Waals surface area contributed by atoms with Gasteiger partial charge >= 0.3 is 0 Å². The second-order valence-electron chi connectivity index (χ2n) is 4.42.